The molecule has 0 atom stereocenters. The van der Waals surface area contributed by atoms with Crippen molar-refractivity contribution in [2.24, 2.45) is 0 Å². The molecule has 28 heavy (non-hydrogen) atoms. The molecule has 0 saturated carbocycles. The van der Waals surface area contributed by atoms with Crippen LogP contribution in [-0.2, 0) is 0 Å². The van der Waals surface area contributed by atoms with Gasteiger partial charge in [-0.15, -0.1) is 5.10 Å². The van der Waals surface area contributed by atoms with Crippen molar-refractivity contribution >= 4 is 34.1 Å². The molecule has 0 aliphatic carbocycles. The Kier molecular flexibility index (Phi) is 2.57. The Bertz CT molecular complexity index is 1420. The summed E-state index contributed by atoms with van der Waals surface area (Å²) in [6.45, 7) is 0.251. The van der Waals surface area contributed by atoms with Gasteiger partial charge in [0.05, 0.1) is 11.2 Å². The van der Waals surface area contributed by atoms with Gasteiger partial charge in [0, 0.05) is 0 Å². The fourth-order valence-corrected chi connectivity index (χ4v) is 5.01. The molecule has 3 nitrogen and oxygen atoms in total. The number of benzene rings is 4. The summed E-state index contributed by atoms with van der Waals surface area (Å²) in [6, 6.07) is 30.4. The Labute approximate surface area is 162 Å². The largest absolute Gasteiger partial charge is 0.248 e. The van der Waals surface area contributed by atoms with Gasteiger partial charge in [-0.25, -0.2) is 4.68 Å². The Hall–Kier alpha value is -3.66. The SMILES string of the molecule is c1ccc(-c2cc3c4c(c2)-n2nnc5cccc(c52)B4c2ccccc2-3)cc1. The Morgan fingerprint density at radius 2 is 1.50 bits per heavy atom. The highest BCUT2D eigenvalue weighted by molar-refractivity contribution is 7.01. The van der Waals surface area contributed by atoms with Crippen molar-refractivity contribution in [3.05, 3.63) is 84.9 Å². The number of hydrogen-bond acceptors (Lipinski definition) is 2. The molecule has 0 amide bonds. The third-order valence-corrected chi connectivity index (χ3v) is 6.15. The molecular formula is C24H14BN3. The average Bonchev–Trinajstić information content (AvgIpc) is 3.34. The Balaban J connectivity index is 1.66. The van der Waals surface area contributed by atoms with Crippen LogP contribution in [0.2, 0.25) is 0 Å². The van der Waals surface area contributed by atoms with Crippen LogP contribution in [-0.4, -0.2) is 21.7 Å². The second kappa shape index (κ2) is 4.99. The van der Waals surface area contributed by atoms with Gasteiger partial charge < -0.3 is 0 Å². The fourth-order valence-electron chi connectivity index (χ4n) is 5.01. The van der Waals surface area contributed by atoms with E-state index in [-0.39, 0.29) is 6.71 Å². The van der Waals surface area contributed by atoms with E-state index in [0.717, 1.165) is 16.7 Å². The summed E-state index contributed by atoms with van der Waals surface area (Å²) in [7, 11) is 0. The molecule has 4 heteroatoms. The fraction of sp³-hybridized carbons (Fsp3) is 0. The molecule has 0 fully saturated rings. The predicted molar refractivity (Wildman–Crippen MR) is 114 cm³/mol. The second-order valence-electron chi connectivity index (χ2n) is 7.56. The summed E-state index contributed by atoms with van der Waals surface area (Å²) in [4.78, 5) is 0. The minimum Gasteiger partial charge on any atom is -0.214 e. The van der Waals surface area contributed by atoms with Crippen LogP contribution in [0.1, 0.15) is 0 Å². The molecule has 0 bridgehead atoms. The van der Waals surface area contributed by atoms with Crippen LogP contribution >= 0.6 is 0 Å². The van der Waals surface area contributed by atoms with Crippen molar-refractivity contribution < 1.29 is 0 Å². The molecule has 1 aromatic heterocycles. The maximum atomic E-state index is 4.53. The van der Waals surface area contributed by atoms with Gasteiger partial charge in [-0.3, -0.25) is 0 Å². The van der Waals surface area contributed by atoms with E-state index in [1.807, 2.05) is 4.68 Å². The highest BCUT2D eigenvalue weighted by Gasteiger charge is 2.41. The number of hydrogen-bond donors (Lipinski definition) is 0. The molecule has 7 rings (SSSR count). The average molecular weight is 355 g/mol. The summed E-state index contributed by atoms with van der Waals surface area (Å²) in [5.74, 6) is 0. The zero-order valence-corrected chi connectivity index (χ0v) is 15.0. The lowest BCUT2D eigenvalue weighted by molar-refractivity contribution is 0.827. The molecular weight excluding hydrogens is 341 g/mol. The normalized spacial score (nSPS) is 12.9. The van der Waals surface area contributed by atoms with Crippen LogP contribution in [0.5, 0.6) is 0 Å². The summed E-state index contributed by atoms with van der Waals surface area (Å²) in [5.41, 5.74) is 12.4. The molecule has 128 valence electrons. The minimum absolute atomic E-state index is 0.251. The van der Waals surface area contributed by atoms with Crippen LogP contribution in [0.3, 0.4) is 0 Å². The zero-order valence-electron chi connectivity index (χ0n) is 15.0. The van der Waals surface area contributed by atoms with Crippen molar-refractivity contribution in [2.45, 2.75) is 0 Å². The summed E-state index contributed by atoms with van der Waals surface area (Å²) in [5, 5.41) is 8.98. The first-order chi connectivity index (χ1) is 13.9. The summed E-state index contributed by atoms with van der Waals surface area (Å²) >= 11 is 0. The lowest BCUT2D eigenvalue weighted by Gasteiger charge is -2.22. The van der Waals surface area contributed by atoms with E-state index < -0.39 is 0 Å². The molecule has 2 aliphatic rings. The minimum atomic E-state index is 0.251. The number of nitrogens with zero attached hydrogens (tertiary/aromatic N) is 3. The zero-order chi connectivity index (χ0) is 18.2. The van der Waals surface area contributed by atoms with E-state index in [1.54, 1.807) is 0 Å². The first-order valence-electron chi connectivity index (χ1n) is 9.57. The van der Waals surface area contributed by atoms with E-state index in [2.05, 4.69) is 95.2 Å². The van der Waals surface area contributed by atoms with Crippen molar-refractivity contribution in [1.29, 1.82) is 0 Å². The van der Waals surface area contributed by atoms with E-state index >= 15 is 0 Å². The second-order valence-corrected chi connectivity index (χ2v) is 7.56. The lowest BCUT2D eigenvalue weighted by atomic mass is 9.37. The molecule has 5 aromatic rings. The number of rotatable bonds is 1. The Morgan fingerprint density at radius 3 is 2.43 bits per heavy atom. The molecule has 0 saturated heterocycles. The highest BCUT2D eigenvalue weighted by Crippen LogP contribution is 2.34. The van der Waals surface area contributed by atoms with Crippen molar-refractivity contribution in [3.8, 4) is 27.9 Å². The standard InChI is InChI=1S/C24H14BN3/c1-2-7-15(8-3-1)16-13-18-17-9-4-5-10-19(17)25-20-11-6-12-21-24(20)28(27-26-21)22(14-16)23(18)25/h1-14H. The van der Waals surface area contributed by atoms with Gasteiger partial charge in [0.25, 0.3) is 0 Å². The van der Waals surface area contributed by atoms with Gasteiger partial charge in [-0.1, -0.05) is 77.4 Å². The van der Waals surface area contributed by atoms with Crippen LogP contribution in [0.4, 0.5) is 0 Å². The van der Waals surface area contributed by atoms with Gasteiger partial charge in [-0.2, -0.15) is 0 Å². The topological polar surface area (TPSA) is 30.7 Å². The third-order valence-electron chi connectivity index (χ3n) is 6.15. The number of para-hydroxylation sites is 1. The summed E-state index contributed by atoms with van der Waals surface area (Å²) in [6.07, 6.45) is 0. The molecule has 3 heterocycles. The number of fused-ring (bicyclic) bond motifs is 5. The molecule has 0 N–H and O–H groups in total. The van der Waals surface area contributed by atoms with Crippen LogP contribution in [0.25, 0.3) is 39.0 Å². The van der Waals surface area contributed by atoms with Gasteiger partial charge in [-0.05, 0) is 51.4 Å². The van der Waals surface area contributed by atoms with Crippen molar-refractivity contribution in [1.82, 2.24) is 15.0 Å². The van der Waals surface area contributed by atoms with E-state index in [0.29, 0.717) is 0 Å². The molecule has 2 aliphatic heterocycles. The van der Waals surface area contributed by atoms with Crippen LogP contribution in [0, 0.1) is 0 Å². The van der Waals surface area contributed by atoms with E-state index in [1.165, 1.54) is 38.6 Å². The van der Waals surface area contributed by atoms with Gasteiger partial charge >= 0.3 is 0 Å². The first kappa shape index (κ1) is 14.4. The molecule has 0 spiro atoms. The van der Waals surface area contributed by atoms with Gasteiger partial charge in [0.15, 0.2) is 0 Å². The maximum Gasteiger partial charge on any atom is 0.248 e. The maximum absolute atomic E-state index is 4.53. The van der Waals surface area contributed by atoms with Crippen LogP contribution in [0.15, 0.2) is 84.9 Å². The van der Waals surface area contributed by atoms with Crippen LogP contribution < -0.4 is 16.4 Å². The molecule has 0 radical (unpaired) electrons. The lowest BCUT2D eigenvalue weighted by Crippen LogP contribution is -2.53. The number of aromatic nitrogens is 3. The van der Waals surface area contributed by atoms with Gasteiger partial charge in [0.2, 0.25) is 6.71 Å². The smallest absolute Gasteiger partial charge is 0.214 e. The quantitative estimate of drug-likeness (QED) is 0.424. The highest BCUT2D eigenvalue weighted by atomic mass is 15.4. The van der Waals surface area contributed by atoms with E-state index in [9.17, 15) is 0 Å². The summed E-state index contributed by atoms with van der Waals surface area (Å²) < 4.78 is 2.04. The Morgan fingerprint density at radius 1 is 0.679 bits per heavy atom. The predicted octanol–water partition coefficient (Wildman–Crippen LogP) is 2.90. The van der Waals surface area contributed by atoms with Crippen molar-refractivity contribution in [2.75, 3.05) is 0 Å². The first-order valence-corrected chi connectivity index (χ1v) is 9.57. The van der Waals surface area contributed by atoms with Gasteiger partial charge in [0.1, 0.15) is 5.52 Å². The monoisotopic (exact) mass is 355 g/mol. The molecule has 4 aromatic carbocycles. The third kappa shape index (κ3) is 1.66. The van der Waals surface area contributed by atoms with Crippen molar-refractivity contribution in [3.63, 3.8) is 0 Å². The van der Waals surface area contributed by atoms with E-state index in [4.69, 9.17) is 0 Å². The molecule has 0 unspecified atom stereocenters.